The largest absolute Gasteiger partial charge is 0.497 e. The van der Waals surface area contributed by atoms with Crippen LogP contribution in [0, 0.1) is 17.8 Å². The van der Waals surface area contributed by atoms with Gasteiger partial charge in [-0.15, -0.1) is 0 Å². The van der Waals surface area contributed by atoms with Crippen LogP contribution in [-0.2, 0) is 6.42 Å². The Balaban J connectivity index is 2.04. The fourth-order valence-electron chi connectivity index (χ4n) is 3.44. The van der Waals surface area contributed by atoms with E-state index in [0.29, 0.717) is 0 Å². The predicted octanol–water partition coefficient (Wildman–Crippen LogP) is 3.51. The molecule has 1 aromatic carbocycles. The number of nitrogens with one attached hydrogen (secondary N) is 1. The molecule has 2 heteroatoms. The zero-order valence-electron chi connectivity index (χ0n) is 12.5. The van der Waals surface area contributed by atoms with Crippen LogP contribution in [0.25, 0.3) is 0 Å². The smallest absolute Gasteiger partial charge is 0.119 e. The lowest BCUT2D eigenvalue weighted by atomic mass is 9.72. The van der Waals surface area contributed by atoms with E-state index >= 15 is 0 Å². The van der Waals surface area contributed by atoms with Crippen LogP contribution in [0.15, 0.2) is 24.3 Å². The van der Waals surface area contributed by atoms with E-state index in [4.69, 9.17) is 4.74 Å². The molecule has 3 unspecified atom stereocenters. The summed E-state index contributed by atoms with van der Waals surface area (Å²) in [6, 6.07) is 8.56. The van der Waals surface area contributed by atoms with E-state index in [-0.39, 0.29) is 0 Å². The highest BCUT2D eigenvalue weighted by Crippen LogP contribution is 2.35. The maximum atomic E-state index is 5.33. The Bertz CT molecular complexity index is 391. The van der Waals surface area contributed by atoms with Crippen molar-refractivity contribution in [2.45, 2.75) is 32.6 Å². The standard InChI is InChI=1S/C17H27NO/c1-13-7-8-15(12-18-2)16(9-13)10-14-5-4-6-17(11-14)19-3/h4-6,11,13,15-16,18H,7-10,12H2,1-3H3. The van der Waals surface area contributed by atoms with Gasteiger partial charge in [-0.25, -0.2) is 0 Å². The van der Waals surface area contributed by atoms with Gasteiger partial charge in [0.15, 0.2) is 0 Å². The monoisotopic (exact) mass is 261 g/mol. The molecule has 0 amide bonds. The van der Waals surface area contributed by atoms with Gasteiger partial charge in [-0.2, -0.15) is 0 Å². The average Bonchev–Trinajstić information content (AvgIpc) is 2.42. The molecule has 0 aliphatic heterocycles. The van der Waals surface area contributed by atoms with Crippen LogP contribution in [0.2, 0.25) is 0 Å². The van der Waals surface area contributed by atoms with Gasteiger partial charge in [-0.05, 0) is 68.3 Å². The van der Waals surface area contributed by atoms with Crippen molar-refractivity contribution in [2.75, 3.05) is 20.7 Å². The Hall–Kier alpha value is -1.02. The van der Waals surface area contributed by atoms with Crippen LogP contribution in [0.4, 0.5) is 0 Å². The average molecular weight is 261 g/mol. The first-order valence-electron chi connectivity index (χ1n) is 7.50. The molecule has 3 atom stereocenters. The maximum absolute atomic E-state index is 5.33. The molecule has 0 bridgehead atoms. The molecule has 2 rings (SSSR count). The minimum atomic E-state index is 0.809. The van der Waals surface area contributed by atoms with E-state index in [9.17, 15) is 0 Å². The highest BCUT2D eigenvalue weighted by atomic mass is 16.5. The SMILES string of the molecule is CNCC1CCC(C)CC1Cc1cccc(OC)c1. The molecule has 0 saturated heterocycles. The normalized spacial score (nSPS) is 27.2. The van der Waals surface area contributed by atoms with Gasteiger partial charge in [0.2, 0.25) is 0 Å². The van der Waals surface area contributed by atoms with Gasteiger partial charge in [0, 0.05) is 0 Å². The summed E-state index contributed by atoms with van der Waals surface area (Å²) in [6.45, 7) is 3.55. The Morgan fingerprint density at radius 3 is 2.84 bits per heavy atom. The second-order valence-electron chi connectivity index (χ2n) is 6.05. The zero-order valence-corrected chi connectivity index (χ0v) is 12.5. The summed E-state index contributed by atoms with van der Waals surface area (Å²) >= 11 is 0. The molecule has 1 fully saturated rings. The number of hydrogen-bond donors (Lipinski definition) is 1. The molecule has 1 aliphatic rings. The zero-order chi connectivity index (χ0) is 13.7. The quantitative estimate of drug-likeness (QED) is 0.876. The summed E-state index contributed by atoms with van der Waals surface area (Å²) in [5.41, 5.74) is 1.42. The third-order valence-electron chi connectivity index (χ3n) is 4.50. The highest BCUT2D eigenvalue weighted by molar-refractivity contribution is 5.28. The van der Waals surface area contributed by atoms with E-state index in [1.54, 1.807) is 7.11 Å². The van der Waals surface area contributed by atoms with Gasteiger partial charge in [-0.3, -0.25) is 0 Å². The van der Waals surface area contributed by atoms with E-state index in [1.165, 1.54) is 31.2 Å². The van der Waals surface area contributed by atoms with Crippen molar-refractivity contribution in [1.82, 2.24) is 5.32 Å². The lowest BCUT2D eigenvalue weighted by Crippen LogP contribution is -2.32. The Morgan fingerprint density at radius 2 is 2.11 bits per heavy atom. The molecule has 19 heavy (non-hydrogen) atoms. The minimum Gasteiger partial charge on any atom is -0.497 e. The Kier molecular flexibility index (Phi) is 5.26. The summed E-state index contributed by atoms with van der Waals surface area (Å²) in [5.74, 6) is 3.49. The van der Waals surface area contributed by atoms with Crippen LogP contribution in [0.5, 0.6) is 5.75 Å². The summed E-state index contributed by atoms with van der Waals surface area (Å²) in [6.07, 6.45) is 5.31. The van der Waals surface area contributed by atoms with E-state index in [2.05, 4.69) is 37.5 Å². The van der Waals surface area contributed by atoms with Crippen LogP contribution in [0.1, 0.15) is 31.7 Å². The highest BCUT2D eigenvalue weighted by Gasteiger charge is 2.28. The second-order valence-corrected chi connectivity index (χ2v) is 6.05. The van der Waals surface area contributed by atoms with E-state index < -0.39 is 0 Å². The van der Waals surface area contributed by atoms with E-state index in [1.807, 2.05) is 6.07 Å². The van der Waals surface area contributed by atoms with Gasteiger partial charge >= 0.3 is 0 Å². The van der Waals surface area contributed by atoms with Gasteiger partial charge in [0.1, 0.15) is 5.75 Å². The Labute approximate surface area is 117 Å². The number of benzene rings is 1. The van der Waals surface area contributed by atoms with Gasteiger partial charge in [0.25, 0.3) is 0 Å². The third-order valence-corrected chi connectivity index (χ3v) is 4.50. The minimum absolute atomic E-state index is 0.809. The topological polar surface area (TPSA) is 21.3 Å². The summed E-state index contributed by atoms with van der Waals surface area (Å²) in [4.78, 5) is 0. The Morgan fingerprint density at radius 1 is 1.26 bits per heavy atom. The molecule has 1 aromatic rings. The fraction of sp³-hybridized carbons (Fsp3) is 0.647. The van der Waals surface area contributed by atoms with Crippen LogP contribution in [-0.4, -0.2) is 20.7 Å². The van der Waals surface area contributed by atoms with E-state index in [0.717, 1.165) is 30.0 Å². The molecule has 1 aliphatic carbocycles. The molecule has 1 N–H and O–H groups in total. The van der Waals surface area contributed by atoms with Crippen molar-refractivity contribution < 1.29 is 4.74 Å². The van der Waals surface area contributed by atoms with Gasteiger partial charge in [0.05, 0.1) is 7.11 Å². The molecule has 0 aromatic heterocycles. The van der Waals surface area contributed by atoms with Crippen molar-refractivity contribution in [3.63, 3.8) is 0 Å². The number of methoxy groups -OCH3 is 1. The summed E-state index contributed by atoms with van der Waals surface area (Å²) in [5, 5.41) is 3.37. The fourth-order valence-corrected chi connectivity index (χ4v) is 3.44. The van der Waals surface area contributed by atoms with Crippen molar-refractivity contribution >= 4 is 0 Å². The van der Waals surface area contributed by atoms with Gasteiger partial charge < -0.3 is 10.1 Å². The molecule has 0 heterocycles. The number of ether oxygens (including phenoxy) is 1. The van der Waals surface area contributed by atoms with Crippen molar-refractivity contribution in [3.8, 4) is 5.75 Å². The molecule has 2 nitrogen and oxygen atoms in total. The molecular weight excluding hydrogens is 234 g/mol. The predicted molar refractivity (Wildman–Crippen MR) is 80.6 cm³/mol. The number of rotatable bonds is 5. The van der Waals surface area contributed by atoms with Crippen molar-refractivity contribution in [2.24, 2.45) is 17.8 Å². The van der Waals surface area contributed by atoms with Crippen LogP contribution in [0.3, 0.4) is 0 Å². The van der Waals surface area contributed by atoms with Crippen LogP contribution >= 0.6 is 0 Å². The second kappa shape index (κ2) is 6.95. The van der Waals surface area contributed by atoms with Crippen molar-refractivity contribution in [3.05, 3.63) is 29.8 Å². The molecule has 106 valence electrons. The molecule has 0 radical (unpaired) electrons. The summed E-state index contributed by atoms with van der Waals surface area (Å²) in [7, 11) is 3.81. The lowest BCUT2D eigenvalue weighted by Gasteiger charge is -2.35. The lowest BCUT2D eigenvalue weighted by molar-refractivity contribution is 0.186. The third kappa shape index (κ3) is 3.97. The maximum Gasteiger partial charge on any atom is 0.119 e. The first-order valence-corrected chi connectivity index (χ1v) is 7.50. The summed E-state index contributed by atoms with van der Waals surface area (Å²) < 4.78 is 5.33. The number of hydrogen-bond acceptors (Lipinski definition) is 2. The van der Waals surface area contributed by atoms with Crippen molar-refractivity contribution in [1.29, 1.82) is 0 Å². The first-order chi connectivity index (χ1) is 9.22. The first kappa shape index (κ1) is 14.4. The molecule has 1 saturated carbocycles. The molecular formula is C17H27NO. The van der Waals surface area contributed by atoms with Crippen LogP contribution < -0.4 is 10.1 Å². The van der Waals surface area contributed by atoms with Gasteiger partial charge in [-0.1, -0.05) is 25.5 Å². The molecule has 0 spiro atoms.